The van der Waals surface area contributed by atoms with Crippen LogP contribution in [0.3, 0.4) is 0 Å². The van der Waals surface area contributed by atoms with Gasteiger partial charge in [-0.25, -0.2) is 4.98 Å². The highest BCUT2D eigenvalue weighted by Crippen LogP contribution is 2.37. The third-order valence-electron chi connectivity index (χ3n) is 5.47. The molecule has 2 aromatic carbocycles. The number of anilines is 3. The van der Waals surface area contributed by atoms with Gasteiger partial charge in [0.15, 0.2) is 11.9 Å². The van der Waals surface area contributed by atoms with Gasteiger partial charge in [-0.05, 0) is 31.5 Å². The highest BCUT2D eigenvalue weighted by Gasteiger charge is 2.39. The van der Waals surface area contributed by atoms with Gasteiger partial charge in [0.2, 0.25) is 11.7 Å². The van der Waals surface area contributed by atoms with Gasteiger partial charge in [0.25, 0.3) is 5.89 Å². The van der Waals surface area contributed by atoms with E-state index in [0.717, 1.165) is 5.56 Å². The summed E-state index contributed by atoms with van der Waals surface area (Å²) in [6, 6.07) is 14.3. The number of aliphatic hydroxyl groups excluding tert-OH is 1. The molecule has 3 N–H and O–H groups in total. The molecule has 1 aliphatic rings. The molecule has 3 heterocycles. The molecule has 10 heteroatoms. The van der Waals surface area contributed by atoms with Crippen molar-refractivity contribution in [3.63, 3.8) is 0 Å². The van der Waals surface area contributed by atoms with Crippen LogP contribution in [0.15, 0.2) is 65.6 Å². The summed E-state index contributed by atoms with van der Waals surface area (Å²) in [6.07, 6.45) is 2.85. The number of hydrogen-bond acceptors (Lipinski definition) is 10. The number of hydrogen-bond donors (Lipinski definition) is 3. The Morgan fingerprint density at radius 3 is 2.65 bits per heavy atom. The number of nitrogens with one attached hydrogen (secondary N) is 2. The average molecular weight is 458 g/mol. The van der Waals surface area contributed by atoms with Crippen LogP contribution < -0.4 is 15.4 Å². The average Bonchev–Trinajstić information content (AvgIpc) is 3.44. The second-order valence-electron chi connectivity index (χ2n) is 8.27. The molecule has 0 fully saturated rings. The number of Topliss-reactive ketones (excluding diaryl/α,β-unsaturated/α-hetero) is 1. The van der Waals surface area contributed by atoms with Gasteiger partial charge in [0.1, 0.15) is 17.1 Å². The topological polar surface area (TPSA) is 135 Å². The predicted octanol–water partition coefficient (Wildman–Crippen LogP) is 3.77. The first-order valence-corrected chi connectivity index (χ1v) is 10.7. The van der Waals surface area contributed by atoms with Gasteiger partial charge < -0.3 is 25.0 Å². The van der Waals surface area contributed by atoms with E-state index in [0.29, 0.717) is 34.3 Å². The van der Waals surface area contributed by atoms with E-state index in [4.69, 9.17) is 9.26 Å². The fourth-order valence-corrected chi connectivity index (χ4v) is 3.73. The molecule has 1 aliphatic heterocycles. The quantitative estimate of drug-likeness (QED) is 0.375. The molecule has 2 aromatic heterocycles. The molecule has 0 saturated heterocycles. The van der Waals surface area contributed by atoms with Gasteiger partial charge in [0, 0.05) is 18.0 Å². The van der Waals surface area contributed by atoms with Crippen LogP contribution in [-0.2, 0) is 0 Å². The second kappa shape index (κ2) is 8.56. The summed E-state index contributed by atoms with van der Waals surface area (Å²) < 4.78 is 11.0. The van der Waals surface area contributed by atoms with Crippen molar-refractivity contribution in [1.29, 1.82) is 0 Å². The molecule has 4 aromatic rings. The van der Waals surface area contributed by atoms with Crippen molar-refractivity contribution in [2.24, 2.45) is 0 Å². The molecular weight excluding hydrogens is 436 g/mol. The fourth-order valence-electron chi connectivity index (χ4n) is 3.73. The molecule has 34 heavy (non-hydrogen) atoms. The van der Waals surface area contributed by atoms with Crippen molar-refractivity contribution in [2.45, 2.75) is 25.5 Å². The highest BCUT2D eigenvalue weighted by atomic mass is 16.5. The van der Waals surface area contributed by atoms with Crippen LogP contribution in [0.4, 0.5) is 17.5 Å². The standard InChI is InChI=1S/C24H22N6O4/c1-24(2)20(32)16-9-8-15(10-19(16)33-24)28-23-25-11-17(22-26-13-27-34-22)21(30-23)29-18(12-31)14-6-4-3-5-7-14/h3-11,13,18,31H,12H2,1-2H3,(H2,25,28,29,30)/t18-/m1/s1. The lowest BCUT2D eigenvalue weighted by atomic mass is 10.00. The molecule has 5 rings (SSSR count). The molecule has 0 saturated carbocycles. The van der Waals surface area contributed by atoms with Crippen LogP contribution >= 0.6 is 0 Å². The van der Waals surface area contributed by atoms with Crippen LogP contribution in [0.25, 0.3) is 11.5 Å². The van der Waals surface area contributed by atoms with E-state index in [-0.39, 0.29) is 18.3 Å². The lowest BCUT2D eigenvalue weighted by molar-refractivity contribution is 0.0684. The Kier molecular flexibility index (Phi) is 5.42. The summed E-state index contributed by atoms with van der Waals surface area (Å²) in [6.45, 7) is 3.32. The van der Waals surface area contributed by atoms with E-state index in [1.165, 1.54) is 6.33 Å². The lowest BCUT2D eigenvalue weighted by Crippen LogP contribution is -2.31. The van der Waals surface area contributed by atoms with Crippen molar-refractivity contribution >= 4 is 23.2 Å². The number of carbonyl (C=O) groups excluding carboxylic acids is 1. The Morgan fingerprint density at radius 2 is 1.91 bits per heavy atom. The van der Waals surface area contributed by atoms with Gasteiger partial charge in [0.05, 0.1) is 18.2 Å². The van der Waals surface area contributed by atoms with Crippen molar-refractivity contribution in [3.8, 4) is 17.2 Å². The fraction of sp³-hybridized carbons (Fsp3) is 0.208. The summed E-state index contributed by atoms with van der Waals surface area (Å²) in [5.74, 6) is 1.38. The summed E-state index contributed by atoms with van der Waals surface area (Å²) in [4.78, 5) is 25.5. The van der Waals surface area contributed by atoms with Crippen molar-refractivity contribution in [3.05, 3.63) is 72.2 Å². The van der Waals surface area contributed by atoms with Crippen LogP contribution in [0.1, 0.15) is 35.8 Å². The minimum absolute atomic E-state index is 0.0587. The van der Waals surface area contributed by atoms with E-state index in [1.54, 1.807) is 38.2 Å². The smallest absolute Gasteiger partial charge is 0.262 e. The van der Waals surface area contributed by atoms with Gasteiger partial charge in [-0.1, -0.05) is 35.5 Å². The lowest BCUT2D eigenvalue weighted by Gasteiger charge is -2.19. The molecule has 10 nitrogen and oxygen atoms in total. The Balaban J connectivity index is 1.46. The van der Waals surface area contributed by atoms with Crippen LogP contribution in [-0.4, -0.2) is 43.2 Å². The third kappa shape index (κ3) is 4.06. The number of aliphatic hydroxyl groups is 1. The summed E-state index contributed by atoms with van der Waals surface area (Å²) >= 11 is 0. The highest BCUT2D eigenvalue weighted by molar-refractivity contribution is 6.07. The maximum absolute atomic E-state index is 12.4. The third-order valence-corrected chi connectivity index (χ3v) is 5.47. The normalized spacial score (nSPS) is 14.9. The SMILES string of the molecule is CC1(C)Oc2cc(Nc3ncc(-c4ncno4)c(N[C@H](CO)c4ccccc4)n3)ccc2C1=O. The molecule has 0 radical (unpaired) electrons. The number of aromatic nitrogens is 4. The van der Waals surface area contributed by atoms with Crippen LogP contribution in [0, 0.1) is 0 Å². The molecule has 0 aliphatic carbocycles. The first-order valence-electron chi connectivity index (χ1n) is 10.7. The maximum Gasteiger partial charge on any atom is 0.262 e. The van der Waals surface area contributed by atoms with Gasteiger partial charge in [-0.15, -0.1) is 0 Å². The largest absolute Gasteiger partial charge is 0.479 e. The molecule has 0 amide bonds. The second-order valence-corrected chi connectivity index (χ2v) is 8.27. The van der Waals surface area contributed by atoms with Gasteiger partial charge in [-0.3, -0.25) is 4.79 Å². The number of carbonyl (C=O) groups is 1. The van der Waals surface area contributed by atoms with Crippen molar-refractivity contribution in [2.75, 3.05) is 17.2 Å². The Morgan fingerprint density at radius 1 is 1.09 bits per heavy atom. The van der Waals surface area contributed by atoms with Crippen molar-refractivity contribution < 1.29 is 19.2 Å². The zero-order chi connectivity index (χ0) is 23.7. The van der Waals surface area contributed by atoms with E-state index in [1.807, 2.05) is 30.3 Å². The summed E-state index contributed by atoms with van der Waals surface area (Å²) in [7, 11) is 0. The zero-order valence-electron chi connectivity index (χ0n) is 18.5. The first-order chi connectivity index (χ1) is 16.4. The molecular formula is C24H22N6O4. The van der Waals surface area contributed by atoms with Crippen LogP contribution in [0.2, 0.25) is 0 Å². The number of benzene rings is 2. The number of nitrogens with zero attached hydrogens (tertiary/aromatic N) is 4. The molecule has 0 unspecified atom stereocenters. The minimum Gasteiger partial charge on any atom is -0.479 e. The maximum atomic E-state index is 12.4. The van der Waals surface area contributed by atoms with E-state index in [2.05, 4.69) is 30.7 Å². The molecule has 0 spiro atoms. The first kappa shape index (κ1) is 21.5. The number of rotatable bonds is 7. The van der Waals surface area contributed by atoms with Crippen molar-refractivity contribution in [1.82, 2.24) is 20.1 Å². The molecule has 1 atom stereocenters. The Labute approximate surface area is 195 Å². The number of ether oxygens (including phenoxy) is 1. The Bertz CT molecular complexity index is 1320. The van der Waals surface area contributed by atoms with Crippen LogP contribution in [0.5, 0.6) is 5.75 Å². The summed E-state index contributed by atoms with van der Waals surface area (Å²) in [5, 5.41) is 20.1. The van der Waals surface area contributed by atoms with Gasteiger partial charge >= 0.3 is 0 Å². The number of fused-ring (bicyclic) bond motifs is 1. The Hall–Kier alpha value is -4.31. The summed E-state index contributed by atoms with van der Waals surface area (Å²) in [5.41, 5.74) is 1.68. The van der Waals surface area contributed by atoms with Gasteiger partial charge in [-0.2, -0.15) is 9.97 Å². The van der Waals surface area contributed by atoms with E-state index in [9.17, 15) is 9.90 Å². The molecule has 0 bridgehead atoms. The van der Waals surface area contributed by atoms with E-state index < -0.39 is 11.6 Å². The van der Waals surface area contributed by atoms with E-state index >= 15 is 0 Å². The molecule has 172 valence electrons. The number of ketones is 1. The zero-order valence-corrected chi connectivity index (χ0v) is 18.5. The minimum atomic E-state index is -0.892. The monoisotopic (exact) mass is 458 g/mol. The predicted molar refractivity (Wildman–Crippen MR) is 124 cm³/mol.